The first-order valence-corrected chi connectivity index (χ1v) is 9.22. The Labute approximate surface area is 158 Å². The van der Waals surface area contributed by atoms with Crippen LogP contribution >= 0.6 is 11.6 Å². The van der Waals surface area contributed by atoms with E-state index in [1.54, 1.807) is 0 Å². The van der Waals surface area contributed by atoms with Crippen molar-refractivity contribution in [2.24, 2.45) is 0 Å². The van der Waals surface area contributed by atoms with E-state index in [2.05, 4.69) is 46.4 Å². The summed E-state index contributed by atoms with van der Waals surface area (Å²) in [5, 5.41) is 9.34. The fraction of sp³-hybridized carbons (Fsp3) is 0.300. The molecule has 0 N–H and O–H groups in total. The largest absolute Gasteiger partial charge is 0.350 e. The summed E-state index contributed by atoms with van der Waals surface area (Å²) in [4.78, 5) is 2.23. The summed E-state index contributed by atoms with van der Waals surface area (Å²) < 4.78 is 7.77. The second kappa shape index (κ2) is 7.48. The van der Waals surface area contributed by atoms with Gasteiger partial charge in [0, 0.05) is 17.3 Å². The van der Waals surface area contributed by atoms with E-state index >= 15 is 0 Å². The summed E-state index contributed by atoms with van der Waals surface area (Å²) in [6.45, 7) is 4.35. The number of nitrogens with zero attached hydrogens (tertiary/aromatic N) is 4. The van der Waals surface area contributed by atoms with E-state index in [0.29, 0.717) is 13.2 Å². The summed E-state index contributed by atoms with van der Waals surface area (Å²) in [7, 11) is 0. The van der Waals surface area contributed by atoms with Gasteiger partial charge >= 0.3 is 0 Å². The highest BCUT2D eigenvalue weighted by atomic mass is 35.5. The molecule has 3 aromatic rings. The van der Waals surface area contributed by atoms with Gasteiger partial charge in [0.1, 0.15) is 5.69 Å². The van der Waals surface area contributed by atoms with E-state index in [1.807, 2.05) is 35.1 Å². The van der Waals surface area contributed by atoms with E-state index in [0.717, 1.165) is 34.9 Å². The standard InChI is InChI=1S/C20H21ClN4O/c1-2-15-5-9-18(10-6-15)25-11-12-26-20(25)19-14-24(23-22-19)13-16-3-7-17(21)8-4-16/h3-10,14,20H,2,11-13H2,1H3/t20-/m1/s1. The van der Waals surface area contributed by atoms with Crippen molar-refractivity contribution < 1.29 is 4.74 Å². The zero-order valence-electron chi connectivity index (χ0n) is 14.7. The molecule has 1 fully saturated rings. The van der Waals surface area contributed by atoms with Gasteiger partial charge in [0.25, 0.3) is 0 Å². The maximum absolute atomic E-state index is 5.94. The van der Waals surface area contributed by atoms with E-state index in [4.69, 9.17) is 16.3 Å². The Hall–Kier alpha value is -2.37. The molecule has 1 aliphatic heterocycles. The quantitative estimate of drug-likeness (QED) is 0.680. The second-order valence-corrected chi connectivity index (χ2v) is 6.84. The molecule has 2 heterocycles. The first-order valence-electron chi connectivity index (χ1n) is 8.84. The molecule has 6 heteroatoms. The van der Waals surface area contributed by atoms with Crippen molar-refractivity contribution in [3.05, 3.63) is 76.6 Å². The SMILES string of the molecule is CCc1ccc(N2CCO[C@@H]2c2cn(Cc3ccc(Cl)cc3)nn2)cc1. The molecule has 1 aliphatic rings. The summed E-state index contributed by atoms with van der Waals surface area (Å²) in [5.74, 6) is 0. The molecule has 0 aliphatic carbocycles. The van der Waals surface area contributed by atoms with Crippen LogP contribution in [0.2, 0.25) is 5.02 Å². The van der Waals surface area contributed by atoms with Crippen LogP contribution in [-0.2, 0) is 17.7 Å². The number of aryl methyl sites for hydroxylation is 1. The molecule has 1 atom stereocenters. The van der Waals surface area contributed by atoms with Crippen molar-refractivity contribution >= 4 is 17.3 Å². The Balaban J connectivity index is 1.51. The minimum atomic E-state index is -0.193. The van der Waals surface area contributed by atoms with Crippen LogP contribution in [0.3, 0.4) is 0 Å². The number of aromatic nitrogens is 3. The van der Waals surface area contributed by atoms with E-state index in [9.17, 15) is 0 Å². The first-order chi connectivity index (χ1) is 12.7. The van der Waals surface area contributed by atoms with Crippen LogP contribution in [-0.4, -0.2) is 28.1 Å². The Morgan fingerprint density at radius 3 is 2.54 bits per heavy atom. The second-order valence-electron chi connectivity index (χ2n) is 6.40. The predicted octanol–water partition coefficient (Wildman–Crippen LogP) is 4.08. The highest BCUT2D eigenvalue weighted by Crippen LogP contribution is 2.31. The van der Waals surface area contributed by atoms with Gasteiger partial charge in [-0.15, -0.1) is 5.10 Å². The molecule has 1 aromatic heterocycles. The van der Waals surface area contributed by atoms with Crippen molar-refractivity contribution in [1.29, 1.82) is 0 Å². The smallest absolute Gasteiger partial charge is 0.177 e. The van der Waals surface area contributed by atoms with Gasteiger partial charge in [-0.1, -0.05) is 48.0 Å². The Morgan fingerprint density at radius 2 is 1.81 bits per heavy atom. The predicted molar refractivity (Wildman–Crippen MR) is 102 cm³/mol. The summed E-state index contributed by atoms with van der Waals surface area (Å²) in [6.07, 6.45) is 2.80. The maximum Gasteiger partial charge on any atom is 0.177 e. The third kappa shape index (κ3) is 3.59. The molecular weight excluding hydrogens is 348 g/mol. The van der Waals surface area contributed by atoms with E-state index < -0.39 is 0 Å². The van der Waals surface area contributed by atoms with Gasteiger partial charge in [-0.2, -0.15) is 0 Å². The van der Waals surface area contributed by atoms with Gasteiger partial charge in [-0.3, -0.25) is 0 Å². The Morgan fingerprint density at radius 1 is 1.08 bits per heavy atom. The third-order valence-electron chi connectivity index (χ3n) is 4.63. The van der Waals surface area contributed by atoms with Crippen LogP contribution in [0.1, 0.15) is 30.0 Å². The zero-order valence-corrected chi connectivity index (χ0v) is 15.4. The lowest BCUT2D eigenvalue weighted by atomic mass is 10.1. The number of rotatable bonds is 5. The minimum Gasteiger partial charge on any atom is -0.350 e. The molecule has 0 radical (unpaired) electrons. The molecule has 0 saturated carbocycles. The molecule has 26 heavy (non-hydrogen) atoms. The molecule has 0 bridgehead atoms. The number of benzene rings is 2. The lowest BCUT2D eigenvalue weighted by Crippen LogP contribution is -2.23. The fourth-order valence-electron chi connectivity index (χ4n) is 3.18. The molecular formula is C20H21ClN4O. The van der Waals surface area contributed by atoms with Crippen molar-refractivity contribution in [1.82, 2.24) is 15.0 Å². The average Bonchev–Trinajstić information content (AvgIpc) is 3.33. The summed E-state index contributed by atoms with van der Waals surface area (Å²) in [6, 6.07) is 16.4. The normalized spacial score (nSPS) is 17.0. The van der Waals surface area contributed by atoms with Crippen LogP contribution < -0.4 is 4.90 Å². The molecule has 2 aromatic carbocycles. The zero-order chi connectivity index (χ0) is 17.9. The van der Waals surface area contributed by atoms with Gasteiger partial charge in [0.15, 0.2) is 6.23 Å². The van der Waals surface area contributed by atoms with E-state index in [1.165, 1.54) is 5.56 Å². The minimum absolute atomic E-state index is 0.193. The van der Waals surface area contributed by atoms with Crippen LogP contribution in [0.15, 0.2) is 54.7 Å². The van der Waals surface area contributed by atoms with Crippen LogP contribution in [0.25, 0.3) is 0 Å². The third-order valence-corrected chi connectivity index (χ3v) is 4.89. The van der Waals surface area contributed by atoms with Gasteiger partial charge in [-0.25, -0.2) is 4.68 Å². The maximum atomic E-state index is 5.94. The lowest BCUT2D eigenvalue weighted by molar-refractivity contribution is 0.110. The highest BCUT2D eigenvalue weighted by molar-refractivity contribution is 6.30. The Kier molecular flexibility index (Phi) is 4.91. The molecule has 0 amide bonds. The van der Waals surface area contributed by atoms with Crippen molar-refractivity contribution in [2.75, 3.05) is 18.1 Å². The molecule has 134 valence electrons. The monoisotopic (exact) mass is 368 g/mol. The lowest BCUT2D eigenvalue weighted by Gasteiger charge is -2.23. The highest BCUT2D eigenvalue weighted by Gasteiger charge is 2.29. The molecule has 1 saturated heterocycles. The number of hydrogen-bond acceptors (Lipinski definition) is 4. The van der Waals surface area contributed by atoms with Crippen molar-refractivity contribution in [3.8, 4) is 0 Å². The topological polar surface area (TPSA) is 43.2 Å². The van der Waals surface area contributed by atoms with Crippen LogP contribution in [0.5, 0.6) is 0 Å². The Bertz CT molecular complexity index is 860. The molecule has 0 unspecified atom stereocenters. The van der Waals surface area contributed by atoms with Gasteiger partial charge in [-0.05, 0) is 41.8 Å². The van der Waals surface area contributed by atoms with Gasteiger partial charge in [0.2, 0.25) is 0 Å². The van der Waals surface area contributed by atoms with Crippen LogP contribution in [0, 0.1) is 0 Å². The fourth-order valence-corrected chi connectivity index (χ4v) is 3.31. The number of anilines is 1. The number of hydrogen-bond donors (Lipinski definition) is 0. The van der Waals surface area contributed by atoms with Crippen molar-refractivity contribution in [3.63, 3.8) is 0 Å². The van der Waals surface area contributed by atoms with Crippen LogP contribution in [0.4, 0.5) is 5.69 Å². The summed E-state index contributed by atoms with van der Waals surface area (Å²) in [5.41, 5.74) is 4.44. The van der Waals surface area contributed by atoms with Crippen molar-refractivity contribution in [2.45, 2.75) is 26.1 Å². The first kappa shape index (κ1) is 17.1. The average molecular weight is 369 g/mol. The molecule has 5 nitrogen and oxygen atoms in total. The number of ether oxygens (including phenoxy) is 1. The summed E-state index contributed by atoms with van der Waals surface area (Å²) >= 11 is 5.94. The number of halogens is 1. The van der Waals surface area contributed by atoms with Gasteiger partial charge in [0.05, 0.1) is 19.3 Å². The molecule has 0 spiro atoms. The van der Waals surface area contributed by atoms with E-state index in [-0.39, 0.29) is 6.23 Å². The molecule has 4 rings (SSSR count). The van der Waals surface area contributed by atoms with Gasteiger partial charge < -0.3 is 9.64 Å².